The number of nitrogens with two attached hydrogens (primary N) is 1. The first-order chi connectivity index (χ1) is 6.91. The standard InChI is InChI=1S/C9H17NO5/c1-9(2)13-3-4-7(15-9)6(11)5(10)8(12)14-4/h4-8,11-12H,3,10H2,1-2H3/t4-,5-,6-,7-,8-/m1/s1. The second-order valence-corrected chi connectivity index (χ2v) is 4.43. The molecule has 0 bridgehead atoms. The minimum atomic E-state index is -1.17. The molecule has 0 aromatic heterocycles. The van der Waals surface area contributed by atoms with E-state index >= 15 is 0 Å². The van der Waals surface area contributed by atoms with E-state index in [9.17, 15) is 10.2 Å². The Morgan fingerprint density at radius 1 is 1.33 bits per heavy atom. The molecule has 0 spiro atoms. The maximum atomic E-state index is 9.83. The van der Waals surface area contributed by atoms with Gasteiger partial charge in [0.25, 0.3) is 0 Å². The van der Waals surface area contributed by atoms with Crippen molar-refractivity contribution in [2.75, 3.05) is 6.61 Å². The summed E-state index contributed by atoms with van der Waals surface area (Å²) in [6.07, 6.45) is -3.13. The fourth-order valence-corrected chi connectivity index (χ4v) is 1.88. The van der Waals surface area contributed by atoms with Crippen LogP contribution < -0.4 is 5.73 Å². The molecule has 0 amide bonds. The summed E-state index contributed by atoms with van der Waals surface area (Å²) in [7, 11) is 0. The topological polar surface area (TPSA) is 94.2 Å². The van der Waals surface area contributed by atoms with Crippen LogP contribution in [0.1, 0.15) is 13.8 Å². The second-order valence-electron chi connectivity index (χ2n) is 4.43. The molecule has 0 radical (unpaired) electrons. The number of ether oxygens (including phenoxy) is 3. The first-order valence-corrected chi connectivity index (χ1v) is 5.00. The highest BCUT2D eigenvalue weighted by Crippen LogP contribution is 2.30. The number of fused-ring (bicyclic) bond motifs is 1. The molecule has 2 saturated heterocycles. The summed E-state index contributed by atoms with van der Waals surface area (Å²) in [6.45, 7) is 3.79. The normalized spacial score (nSPS) is 49.8. The van der Waals surface area contributed by atoms with Crippen molar-refractivity contribution in [2.45, 2.75) is 50.3 Å². The van der Waals surface area contributed by atoms with E-state index in [4.69, 9.17) is 19.9 Å². The summed E-state index contributed by atoms with van der Waals surface area (Å²) in [5.41, 5.74) is 5.57. The number of aliphatic hydroxyl groups is 2. The maximum absolute atomic E-state index is 9.83. The minimum absolute atomic E-state index is 0.276. The average Bonchev–Trinajstić information content (AvgIpc) is 2.16. The first-order valence-electron chi connectivity index (χ1n) is 5.00. The molecule has 2 aliphatic heterocycles. The van der Waals surface area contributed by atoms with Crippen LogP contribution in [0.2, 0.25) is 0 Å². The molecule has 0 aromatic rings. The Hall–Kier alpha value is -0.240. The van der Waals surface area contributed by atoms with E-state index in [1.807, 2.05) is 0 Å². The number of aliphatic hydroxyl groups excluding tert-OH is 2. The van der Waals surface area contributed by atoms with Crippen LogP contribution in [0.15, 0.2) is 0 Å². The molecular weight excluding hydrogens is 202 g/mol. The lowest BCUT2D eigenvalue weighted by Gasteiger charge is -2.48. The van der Waals surface area contributed by atoms with Crippen LogP contribution in [-0.4, -0.2) is 53.3 Å². The van der Waals surface area contributed by atoms with E-state index < -0.39 is 36.4 Å². The zero-order chi connectivity index (χ0) is 11.2. The Bertz CT molecular complexity index is 245. The van der Waals surface area contributed by atoms with Gasteiger partial charge in [-0.05, 0) is 13.8 Å². The monoisotopic (exact) mass is 219 g/mol. The summed E-state index contributed by atoms with van der Waals surface area (Å²) in [5.74, 6) is -0.756. The molecule has 2 fully saturated rings. The molecule has 4 N–H and O–H groups in total. The van der Waals surface area contributed by atoms with E-state index in [0.717, 1.165) is 0 Å². The van der Waals surface area contributed by atoms with E-state index in [2.05, 4.69) is 0 Å². The highest BCUT2D eigenvalue weighted by molar-refractivity contribution is 4.94. The molecule has 6 nitrogen and oxygen atoms in total. The van der Waals surface area contributed by atoms with Gasteiger partial charge in [-0.15, -0.1) is 0 Å². The van der Waals surface area contributed by atoms with Gasteiger partial charge < -0.3 is 30.2 Å². The Balaban J connectivity index is 2.12. The van der Waals surface area contributed by atoms with Gasteiger partial charge in [-0.1, -0.05) is 0 Å². The van der Waals surface area contributed by atoms with Gasteiger partial charge in [0.05, 0.1) is 12.6 Å². The summed E-state index contributed by atoms with van der Waals surface area (Å²) in [4.78, 5) is 0. The van der Waals surface area contributed by atoms with Gasteiger partial charge in [0, 0.05) is 0 Å². The van der Waals surface area contributed by atoms with Crippen molar-refractivity contribution >= 4 is 0 Å². The summed E-state index contributed by atoms with van der Waals surface area (Å²) < 4.78 is 16.1. The van der Waals surface area contributed by atoms with Gasteiger partial charge in [-0.3, -0.25) is 0 Å². The SMILES string of the molecule is CC1(C)OC[C@H]2O[C@@H](O)[C@H](N)[C@@H](O)[C@@H]2O1. The molecule has 0 aliphatic carbocycles. The molecule has 2 rings (SSSR count). The zero-order valence-corrected chi connectivity index (χ0v) is 8.79. The van der Waals surface area contributed by atoms with Crippen molar-refractivity contribution < 1.29 is 24.4 Å². The summed E-state index contributed by atoms with van der Waals surface area (Å²) >= 11 is 0. The summed E-state index contributed by atoms with van der Waals surface area (Å²) in [5, 5.41) is 19.2. The fourth-order valence-electron chi connectivity index (χ4n) is 1.88. The van der Waals surface area contributed by atoms with Crippen LogP contribution in [0.25, 0.3) is 0 Å². The quantitative estimate of drug-likeness (QED) is 0.461. The predicted molar refractivity (Wildman–Crippen MR) is 49.8 cm³/mol. The molecule has 5 atom stereocenters. The van der Waals surface area contributed by atoms with Crippen molar-refractivity contribution in [2.24, 2.45) is 5.73 Å². The van der Waals surface area contributed by atoms with Crippen LogP contribution in [0, 0.1) is 0 Å². The number of rotatable bonds is 0. The largest absolute Gasteiger partial charge is 0.388 e. The van der Waals surface area contributed by atoms with Gasteiger partial charge in [0.1, 0.15) is 18.3 Å². The highest BCUT2D eigenvalue weighted by Gasteiger charge is 2.49. The van der Waals surface area contributed by atoms with Gasteiger partial charge in [-0.25, -0.2) is 0 Å². The molecule has 0 saturated carbocycles. The lowest BCUT2D eigenvalue weighted by Crippen LogP contribution is -2.66. The Kier molecular flexibility index (Phi) is 2.74. The lowest BCUT2D eigenvalue weighted by atomic mass is 9.96. The van der Waals surface area contributed by atoms with Crippen LogP contribution in [0.5, 0.6) is 0 Å². The molecule has 0 unspecified atom stereocenters. The third-order valence-corrected chi connectivity index (χ3v) is 2.76. The van der Waals surface area contributed by atoms with Crippen molar-refractivity contribution in [1.29, 1.82) is 0 Å². The third-order valence-electron chi connectivity index (χ3n) is 2.76. The summed E-state index contributed by atoms with van der Waals surface area (Å²) in [6, 6.07) is -0.847. The minimum Gasteiger partial charge on any atom is -0.388 e. The molecule has 15 heavy (non-hydrogen) atoms. The van der Waals surface area contributed by atoms with Crippen LogP contribution in [0.3, 0.4) is 0 Å². The van der Waals surface area contributed by atoms with Gasteiger partial charge >= 0.3 is 0 Å². The molecule has 2 aliphatic rings. The van der Waals surface area contributed by atoms with Gasteiger partial charge in [-0.2, -0.15) is 0 Å². The number of hydrogen-bond donors (Lipinski definition) is 3. The smallest absolute Gasteiger partial charge is 0.173 e. The molecule has 6 heteroatoms. The second kappa shape index (κ2) is 3.65. The van der Waals surface area contributed by atoms with Crippen LogP contribution >= 0.6 is 0 Å². The van der Waals surface area contributed by atoms with E-state index in [1.54, 1.807) is 13.8 Å². The Morgan fingerprint density at radius 2 is 2.00 bits per heavy atom. The lowest BCUT2D eigenvalue weighted by molar-refractivity contribution is -0.363. The molecule has 88 valence electrons. The van der Waals surface area contributed by atoms with E-state index in [1.165, 1.54) is 0 Å². The third kappa shape index (κ3) is 2.01. The fraction of sp³-hybridized carbons (Fsp3) is 1.00. The van der Waals surface area contributed by atoms with Crippen molar-refractivity contribution in [3.63, 3.8) is 0 Å². The van der Waals surface area contributed by atoms with Crippen LogP contribution in [-0.2, 0) is 14.2 Å². The van der Waals surface area contributed by atoms with Gasteiger partial charge in [0.2, 0.25) is 0 Å². The predicted octanol–water partition coefficient (Wildman–Crippen LogP) is -1.46. The first kappa shape index (κ1) is 11.3. The average molecular weight is 219 g/mol. The van der Waals surface area contributed by atoms with Gasteiger partial charge in [0.15, 0.2) is 12.1 Å². The molecule has 0 aromatic carbocycles. The van der Waals surface area contributed by atoms with Crippen molar-refractivity contribution in [3.8, 4) is 0 Å². The maximum Gasteiger partial charge on any atom is 0.173 e. The van der Waals surface area contributed by atoms with Crippen LogP contribution in [0.4, 0.5) is 0 Å². The number of hydrogen-bond acceptors (Lipinski definition) is 6. The molecule has 2 heterocycles. The van der Waals surface area contributed by atoms with Crippen molar-refractivity contribution in [1.82, 2.24) is 0 Å². The Labute approximate surface area is 87.9 Å². The van der Waals surface area contributed by atoms with Crippen molar-refractivity contribution in [3.05, 3.63) is 0 Å². The molecular formula is C9H17NO5. The highest BCUT2D eigenvalue weighted by atomic mass is 16.7. The van der Waals surface area contributed by atoms with E-state index in [-0.39, 0.29) is 6.61 Å². The Morgan fingerprint density at radius 3 is 2.67 bits per heavy atom. The zero-order valence-electron chi connectivity index (χ0n) is 8.79. The van der Waals surface area contributed by atoms with E-state index in [0.29, 0.717) is 0 Å².